The van der Waals surface area contributed by atoms with E-state index >= 15 is 0 Å². The molecule has 1 aromatic carbocycles. The fraction of sp³-hybridized carbons (Fsp3) is 0.438. The molecule has 1 aliphatic rings. The van der Waals surface area contributed by atoms with Crippen LogP contribution in [0.1, 0.15) is 37.6 Å². The van der Waals surface area contributed by atoms with Crippen LogP contribution < -0.4 is 5.43 Å². The van der Waals surface area contributed by atoms with Gasteiger partial charge in [-0.1, -0.05) is 51.1 Å². The topological polar surface area (TPSA) is 32.3 Å². The highest BCUT2D eigenvalue weighted by atomic mass is 16.2. The van der Waals surface area contributed by atoms with Crippen LogP contribution in [0.3, 0.4) is 0 Å². The van der Waals surface area contributed by atoms with Crippen LogP contribution in [-0.2, 0) is 0 Å². The van der Waals surface area contributed by atoms with Crippen molar-refractivity contribution in [2.75, 3.05) is 6.54 Å². The third kappa shape index (κ3) is 3.44. The number of rotatable bonds is 2. The summed E-state index contributed by atoms with van der Waals surface area (Å²) in [6, 6.07) is 9.58. The zero-order chi connectivity index (χ0) is 13.9. The summed E-state index contributed by atoms with van der Waals surface area (Å²) < 4.78 is 0. The standard InChI is InChI=1S/C16H22N2O/c1-16(2,3)14-11-7-8-12-18(14)17-15(19)13-9-5-4-6-10-13/h4-7,9-11,14H,8,12H2,1-3H3,(H,17,19)/t14-/m0/s1. The summed E-state index contributed by atoms with van der Waals surface area (Å²) in [6.07, 6.45) is 5.36. The second kappa shape index (κ2) is 5.57. The molecule has 102 valence electrons. The van der Waals surface area contributed by atoms with E-state index in [1.54, 1.807) is 0 Å². The van der Waals surface area contributed by atoms with Crippen molar-refractivity contribution >= 4 is 5.91 Å². The number of hydrogen-bond acceptors (Lipinski definition) is 2. The van der Waals surface area contributed by atoms with Crippen molar-refractivity contribution in [2.45, 2.75) is 33.2 Å². The Morgan fingerprint density at radius 1 is 1.26 bits per heavy atom. The molecular formula is C16H22N2O. The minimum atomic E-state index is -0.0369. The van der Waals surface area contributed by atoms with Crippen molar-refractivity contribution in [1.29, 1.82) is 0 Å². The predicted octanol–water partition coefficient (Wildman–Crippen LogP) is 3.01. The maximum atomic E-state index is 12.2. The van der Waals surface area contributed by atoms with Crippen molar-refractivity contribution in [3.8, 4) is 0 Å². The van der Waals surface area contributed by atoms with E-state index in [0.29, 0.717) is 5.56 Å². The van der Waals surface area contributed by atoms with Gasteiger partial charge in [0.2, 0.25) is 0 Å². The van der Waals surface area contributed by atoms with Crippen molar-refractivity contribution in [2.24, 2.45) is 5.41 Å². The van der Waals surface area contributed by atoms with Gasteiger partial charge in [0.05, 0.1) is 6.04 Å². The Bertz CT molecular complexity index is 459. The summed E-state index contributed by atoms with van der Waals surface area (Å²) in [7, 11) is 0. The smallest absolute Gasteiger partial charge is 0.265 e. The van der Waals surface area contributed by atoms with Gasteiger partial charge in [-0.2, -0.15) is 0 Å². The molecule has 0 bridgehead atoms. The monoisotopic (exact) mass is 258 g/mol. The summed E-state index contributed by atoms with van der Waals surface area (Å²) in [5.74, 6) is -0.0369. The Morgan fingerprint density at radius 2 is 1.95 bits per heavy atom. The molecule has 1 aliphatic heterocycles. The lowest BCUT2D eigenvalue weighted by molar-refractivity contribution is 0.0538. The molecule has 0 saturated heterocycles. The minimum absolute atomic E-state index is 0.0369. The van der Waals surface area contributed by atoms with Crippen molar-refractivity contribution in [3.05, 3.63) is 48.0 Å². The van der Waals surface area contributed by atoms with E-state index in [1.807, 2.05) is 30.3 Å². The highest BCUT2D eigenvalue weighted by molar-refractivity contribution is 5.93. The molecule has 19 heavy (non-hydrogen) atoms. The van der Waals surface area contributed by atoms with Crippen LogP contribution in [0.25, 0.3) is 0 Å². The second-order valence-electron chi connectivity index (χ2n) is 6.03. The molecule has 1 N–H and O–H groups in total. The molecule has 0 unspecified atom stereocenters. The summed E-state index contributed by atoms with van der Waals surface area (Å²) in [6.45, 7) is 7.43. The fourth-order valence-corrected chi connectivity index (χ4v) is 2.35. The molecular weight excluding hydrogens is 236 g/mol. The van der Waals surface area contributed by atoms with E-state index in [0.717, 1.165) is 13.0 Å². The van der Waals surface area contributed by atoms with Crippen molar-refractivity contribution < 1.29 is 4.79 Å². The maximum absolute atomic E-state index is 12.2. The molecule has 1 heterocycles. The molecule has 0 spiro atoms. The molecule has 3 heteroatoms. The maximum Gasteiger partial charge on any atom is 0.265 e. The lowest BCUT2D eigenvalue weighted by Crippen LogP contribution is -2.54. The van der Waals surface area contributed by atoms with E-state index in [4.69, 9.17) is 0 Å². The molecule has 1 amide bonds. The minimum Gasteiger partial charge on any atom is -0.284 e. The zero-order valence-electron chi connectivity index (χ0n) is 11.9. The lowest BCUT2D eigenvalue weighted by atomic mass is 9.84. The Hall–Kier alpha value is -1.61. The Labute approximate surface area is 115 Å². The van der Waals surface area contributed by atoms with Gasteiger partial charge in [-0.05, 0) is 24.0 Å². The van der Waals surface area contributed by atoms with Gasteiger partial charge in [0.25, 0.3) is 5.91 Å². The van der Waals surface area contributed by atoms with Gasteiger partial charge in [0.1, 0.15) is 0 Å². The number of carbonyl (C=O) groups excluding carboxylic acids is 1. The van der Waals surface area contributed by atoms with Crippen LogP contribution in [0.2, 0.25) is 0 Å². The van der Waals surface area contributed by atoms with Gasteiger partial charge in [-0.15, -0.1) is 0 Å². The Kier molecular flexibility index (Phi) is 4.05. The summed E-state index contributed by atoms with van der Waals surface area (Å²) in [5.41, 5.74) is 3.83. The van der Waals surface area contributed by atoms with Gasteiger partial charge in [-0.25, -0.2) is 5.01 Å². The van der Waals surface area contributed by atoms with Crippen LogP contribution in [0.5, 0.6) is 0 Å². The summed E-state index contributed by atoms with van der Waals surface area (Å²) >= 11 is 0. The zero-order valence-corrected chi connectivity index (χ0v) is 11.9. The quantitative estimate of drug-likeness (QED) is 0.827. The predicted molar refractivity (Wildman–Crippen MR) is 77.6 cm³/mol. The van der Waals surface area contributed by atoms with Crippen molar-refractivity contribution in [3.63, 3.8) is 0 Å². The molecule has 2 rings (SSSR count). The first-order valence-corrected chi connectivity index (χ1v) is 6.78. The highest BCUT2D eigenvalue weighted by Crippen LogP contribution is 2.27. The third-order valence-electron chi connectivity index (χ3n) is 3.36. The first-order valence-electron chi connectivity index (χ1n) is 6.78. The fourth-order valence-electron chi connectivity index (χ4n) is 2.35. The first kappa shape index (κ1) is 13.8. The number of benzene rings is 1. The largest absolute Gasteiger partial charge is 0.284 e. The first-order chi connectivity index (χ1) is 8.98. The molecule has 0 aliphatic carbocycles. The highest BCUT2D eigenvalue weighted by Gasteiger charge is 2.30. The van der Waals surface area contributed by atoms with Crippen LogP contribution >= 0.6 is 0 Å². The Balaban J connectivity index is 2.09. The molecule has 0 radical (unpaired) electrons. The van der Waals surface area contributed by atoms with Gasteiger partial charge in [-0.3, -0.25) is 10.2 Å². The summed E-state index contributed by atoms with van der Waals surface area (Å²) in [5, 5.41) is 2.05. The van der Waals surface area contributed by atoms with Gasteiger partial charge in [0, 0.05) is 12.1 Å². The van der Waals surface area contributed by atoms with Crippen molar-refractivity contribution in [1.82, 2.24) is 10.4 Å². The summed E-state index contributed by atoms with van der Waals surface area (Å²) in [4.78, 5) is 12.2. The third-order valence-corrected chi connectivity index (χ3v) is 3.36. The van der Waals surface area contributed by atoms with E-state index in [9.17, 15) is 4.79 Å². The SMILES string of the molecule is CC(C)(C)[C@@H]1C=CCCN1NC(=O)c1ccccc1. The molecule has 1 atom stereocenters. The van der Waals surface area contributed by atoms with Gasteiger partial charge in [0.15, 0.2) is 0 Å². The second-order valence-corrected chi connectivity index (χ2v) is 6.03. The molecule has 0 saturated carbocycles. The van der Waals surface area contributed by atoms with E-state index in [-0.39, 0.29) is 17.4 Å². The normalized spacial score (nSPS) is 20.3. The average Bonchev–Trinajstić information content (AvgIpc) is 2.39. The number of hydrazine groups is 1. The molecule has 1 aromatic rings. The molecule has 3 nitrogen and oxygen atoms in total. The Morgan fingerprint density at radius 3 is 2.58 bits per heavy atom. The van der Waals surface area contributed by atoms with E-state index in [2.05, 4.69) is 43.4 Å². The van der Waals surface area contributed by atoms with Crippen LogP contribution in [0.15, 0.2) is 42.5 Å². The lowest BCUT2D eigenvalue weighted by Gasteiger charge is -2.40. The van der Waals surface area contributed by atoms with E-state index in [1.165, 1.54) is 0 Å². The van der Waals surface area contributed by atoms with E-state index < -0.39 is 0 Å². The number of amides is 1. The average molecular weight is 258 g/mol. The number of nitrogens with zero attached hydrogens (tertiary/aromatic N) is 1. The van der Waals surface area contributed by atoms with Gasteiger partial charge >= 0.3 is 0 Å². The number of hydrogen-bond donors (Lipinski definition) is 1. The number of nitrogens with one attached hydrogen (secondary N) is 1. The van der Waals surface area contributed by atoms with Crippen LogP contribution in [0, 0.1) is 5.41 Å². The molecule has 0 fully saturated rings. The number of carbonyl (C=O) groups is 1. The molecule has 0 aromatic heterocycles. The van der Waals surface area contributed by atoms with Gasteiger partial charge < -0.3 is 0 Å². The van der Waals surface area contributed by atoms with Crippen LogP contribution in [-0.4, -0.2) is 23.5 Å². The van der Waals surface area contributed by atoms with Crippen LogP contribution in [0.4, 0.5) is 0 Å².